The van der Waals surface area contributed by atoms with Gasteiger partial charge in [0, 0.05) is 11.6 Å². The van der Waals surface area contributed by atoms with Gasteiger partial charge in [-0.3, -0.25) is 0 Å². The van der Waals surface area contributed by atoms with E-state index in [9.17, 15) is 4.79 Å². The van der Waals surface area contributed by atoms with E-state index in [1.807, 2.05) is 24.3 Å². The van der Waals surface area contributed by atoms with Crippen molar-refractivity contribution in [2.24, 2.45) is 0 Å². The Morgan fingerprint density at radius 2 is 2.12 bits per heavy atom. The molecular formula is C13H18ClNO2. The van der Waals surface area contributed by atoms with Crippen LogP contribution in [0, 0.1) is 0 Å². The third-order valence-electron chi connectivity index (χ3n) is 2.38. The summed E-state index contributed by atoms with van der Waals surface area (Å²) in [7, 11) is 0. The van der Waals surface area contributed by atoms with Gasteiger partial charge in [0.05, 0.1) is 6.61 Å². The minimum Gasteiger partial charge on any atom is -0.450 e. The summed E-state index contributed by atoms with van der Waals surface area (Å²) in [6.45, 7) is 2.84. The van der Waals surface area contributed by atoms with Gasteiger partial charge in [0.25, 0.3) is 0 Å². The van der Waals surface area contributed by atoms with Crippen LogP contribution in [0.5, 0.6) is 0 Å². The van der Waals surface area contributed by atoms with Gasteiger partial charge in [-0.2, -0.15) is 0 Å². The molecule has 1 N–H and O–H groups in total. The third kappa shape index (κ3) is 5.59. The van der Waals surface area contributed by atoms with Crippen molar-refractivity contribution in [1.29, 1.82) is 0 Å². The Bertz CT molecular complexity index is 355. The summed E-state index contributed by atoms with van der Waals surface area (Å²) in [6, 6.07) is 7.83. The molecule has 17 heavy (non-hydrogen) atoms. The number of amides is 1. The van der Waals surface area contributed by atoms with Crippen molar-refractivity contribution >= 4 is 17.7 Å². The molecule has 1 rings (SSSR count). The zero-order chi connectivity index (χ0) is 12.5. The van der Waals surface area contributed by atoms with Gasteiger partial charge in [-0.05, 0) is 37.8 Å². The van der Waals surface area contributed by atoms with Crippen molar-refractivity contribution in [2.75, 3.05) is 13.2 Å². The largest absolute Gasteiger partial charge is 0.450 e. The molecule has 0 aliphatic heterocycles. The first-order valence-corrected chi connectivity index (χ1v) is 6.26. The van der Waals surface area contributed by atoms with E-state index in [1.54, 1.807) is 6.92 Å². The lowest BCUT2D eigenvalue weighted by Gasteiger charge is -2.06. The number of aryl methyl sites for hydroxylation is 1. The second-order valence-corrected chi connectivity index (χ2v) is 4.10. The Balaban J connectivity index is 2.13. The zero-order valence-corrected chi connectivity index (χ0v) is 10.8. The molecule has 0 spiro atoms. The molecule has 4 heteroatoms. The number of ether oxygens (including phenoxy) is 1. The number of carbonyl (C=O) groups excluding carboxylic acids is 1. The molecule has 0 unspecified atom stereocenters. The topological polar surface area (TPSA) is 38.3 Å². The molecule has 0 saturated carbocycles. The fourth-order valence-corrected chi connectivity index (χ4v) is 1.74. The lowest BCUT2D eigenvalue weighted by Crippen LogP contribution is -2.25. The van der Waals surface area contributed by atoms with Crippen LogP contribution >= 0.6 is 11.6 Å². The molecule has 0 saturated heterocycles. The number of hydrogen-bond donors (Lipinski definition) is 1. The summed E-state index contributed by atoms with van der Waals surface area (Å²) in [4.78, 5) is 11.0. The zero-order valence-electron chi connectivity index (χ0n) is 10.0. The van der Waals surface area contributed by atoms with Gasteiger partial charge in [0.15, 0.2) is 0 Å². The Morgan fingerprint density at radius 3 is 2.82 bits per heavy atom. The molecule has 1 amide bonds. The average Bonchev–Trinajstić information content (AvgIpc) is 2.31. The van der Waals surface area contributed by atoms with E-state index in [4.69, 9.17) is 16.3 Å². The standard InChI is InChI=1S/C13H18ClNO2/c1-2-17-13(16)15-10-6-5-8-11-7-3-4-9-12(11)14/h3-4,7,9H,2,5-6,8,10H2,1H3,(H,15,16). The lowest BCUT2D eigenvalue weighted by molar-refractivity contribution is 0.152. The molecule has 0 heterocycles. The first kappa shape index (κ1) is 13.8. The Labute approximate surface area is 107 Å². The minimum absolute atomic E-state index is 0.342. The monoisotopic (exact) mass is 255 g/mol. The number of rotatable bonds is 6. The van der Waals surface area contributed by atoms with Gasteiger partial charge in [-0.15, -0.1) is 0 Å². The molecule has 0 aliphatic carbocycles. The molecule has 0 radical (unpaired) electrons. The lowest BCUT2D eigenvalue weighted by atomic mass is 10.1. The molecule has 0 aliphatic rings. The second kappa shape index (κ2) is 7.96. The summed E-state index contributed by atoms with van der Waals surface area (Å²) >= 11 is 6.04. The van der Waals surface area contributed by atoms with E-state index in [-0.39, 0.29) is 6.09 Å². The maximum absolute atomic E-state index is 11.0. The summed E-state index contributed by atoms with van der Waals surface area (Å²) in [6.07, 6.45) is 2.51. The van der Waals surface area contributed by atoms with Crippen LogP contribution in [-0.2, 0) is 11.2 Å². The van der Waals surface area contributed by atoms with Crippen LogP contribution in [0.15, 0.2) is 24.3 Å². The van der Waals surface area contributed by atoms with E-state index >= 15 is 0 Å². The molecular weight excluding hydrogens is 238 g/mol. The SMILES string of the molecule is CCOC(=O)NCCCCc1ccccc1Cl. The van der Waals surface area contributed by atoms with E-state index in [1.165, 1.54) is 0 Å². The highest BCUT2D eigenvalue weighted by molar-refractivity contribution is 6.31. The maximum atomic E-state index is 11.0. The van der Waals surface area contributed by atoms with E-state index in [0.29, 0.717) is 13.2 Å². The number of unbranched alkanes of at least 4 members (excludes halogenated alkanes) is 1. The highest BCUT2D eigenvalue weighted by atomic mass is 35.5. The smallest absolute Gasteiger partial charge is 0.407 e. The predicted molar refractivity (Wildman–Crippen MR) is 69.4 cm³/mol. The molecule has 3 nitrogen and oxygen atoms in total. The molecule has 0 bridgehead atoms. The molecule has 0 aromatic heterocycles. The van der Waals surface area contributed by atoms with Crippen molar-refractivity contribution in [3.05, 3.63) is 34.9 Å². The molecule has 1 aromatic rings. The highest BCUT2D eigenvalue weighted by Gasteiger charge is 2.00. The van der Waals surface area contributed by atoms with Crippen LogP contribution in [0.3, 0.4) is 0 Å². The fraction of sp³-hybridized carbons (Fsp3) is 0.462. The van der Waals surface area contributed by atoms with Crippen LogP contribution in [0.25, 0.3) is 0 Å². The summed E-state index contributed by atoms with van der Waals surface area (Å²) in [5, 5.41) is 3.50. The predicted octanol–water partition coefficient (Wildman–Crippen LogP) is 3.41. The van der Waals surface area contributed by atoms with Crippen molar-refractivity contribution in [3.8, 4) is 0 Å². The third-order valence-corrected chi connectivity index (χ3v) is 2.74. The number of carbonyl (C=O) groups is 1. The van der Waals surface area contributed by atoms with E-state index in [0.717, 1.165) is 29.8 Å². The van der Waals surface area contributed by atoms with Crippen LogP contribution in [0.2, 0.25) is 5.02 Å². The van der Waals surface area contributed by atoms with E-state index < -0.39 is 0 Å². The number of halogens is 1. The number of benzene rings is 1. The molecule has 1 aromatic carbocycles. The molecule has 0 fully saturated rings. The van der Waals surface area contributed by atoms with Crippen LogP contribution in [0.1, 0.15) is 25.3 Å². The Morgan fingerprint density at radius 1 is 1.35 bits per heavy atom. The minimum atomic E-state index is -0.342. The highest BCUT2D eigenvalue weighted by Crippen LogP contribution is 2.16. The number of hydrogen-bond acceptors (Lipinski definition) is 2. The van der Waals surface area contributed by atoms with Crippen LogP contribution < -0.4 is 5.32 Å². The Kier molecular flexibility index (Phi) is 6.48. The number of alkyl carbamates (subject to hydrolysis) is 1. The second-order valence-electron chi connectivity index (χ2n) is 3.70. The molecule has 0 atom stereocenters. The van der Waals surface area contributed by atoms with Gasteiger partial charge in [-0.25, -0.2) is 4.79 Å². The van der Waals surface area contributed by atoms with Crippen molar-refractivity contribution < 1.29 is 9.53 Å². The van der Waals surface area contributed by atoms with Gasteiger partial charge >= 0.3 is 6.09 Å². The van der Waals surface area contributed by atoms with Crippen molar-refractivity contribution in [2.45, 2.75) is 26.2 Å². The first-order valence-electron chi connectivity index (χ1n) is 5.88. The van der Waals surface area contributed by atoms with Gasteiger partial charge in [0.2, 0.25) is 0 Å². The summed E-state index contributed by atoms with van der Waals surface area (Å²) in [5.74, 6) is 0. The van der Waals surface area contributed by atoms with Crippen molar-refractivity contribution in [1.82, 2.24) is 5.32 Å². The first-order chi connectivity index (χ1) is 8.24. The van der Waals surface area contributed by atoms with Gasteiger partial charge < -0.3 is 10.1 Å². The summed E-state index contributed by atoms with van der Waals surface area (Å²) < 4.78 is 4.75. The molecule has 94 valence electrons. The quantitative estimate of drug-likeness (QED) is 0.791. The van der Waals surface area contributed by atoms with Crippen LogP contribution in [-0.4, -0.2) is 19.2 Å². The average molecular weight is 256 g/mol. The normalized spacial score (nSPS) is 10.0. The van der Waals surface area contributed by atoms with Gasteiger partial charge in [-0.1, -0.05) is 29.8 Å². The van der Waals surface area contributed by atoms with E-state index in [2.05, 4.69) is 5.32 Å². The van der Waals surface area contributed by atoms with Gasteiger partial charge in [0.1, 0.15) is 0 Å². The fourth-order valence-electron chi connectivity index (χ4n) is 1.51. The maximum Gasteiger partial charge on any atom is 0.407 e. The summed E-state index contributed by atoms with van der Waals surface area (Å²) in [5.41, 5.74) is 1.16. The van der Waals surface area contributed by atoms with Crippen molar-refractivity contribution in [3.63, 3.8) is 0 Å². The van der Waals surface area contributed by atoms with Crippen LogP contribution in [0.4, 0.5) is 4.79 Å². The Hall–Kier alpha value is -1.22. The number of nitrogens with one attached hydrogen (secondary N) is 1.